The summed E-state index contributed by atoms with van der Waals surface area (Å²) >= 11 is 2.92. The summed E-state index contributed by atoms with van der Waals surface area (Å²) < 4.78 is 2.99. The Balaban J connectivity index is 1.82. The van der Waals surface area contributed by atoms with Crippen LogP contribution < -0.4 is 22.5 Å². The van der Waals surface area contributed by atoms with Crippen molar-refractivity contribution in [1.82, 2.24) is 18.7 Å². The molecule has 0 aliphatic heterocycles. The zero-order valence-electron chi connectivity index (χ0n) is 16.3. The average Bonchev–Trinajstić information content (AvgIpc) is 3.33. The highest BCUT2D eigenvalue weighted by atomic mass is 32.1. The van der Waals surface area contributed by atoms with Gasteiger partial charge in [0, 0.05) is 34.8 Å². The number of carbonyl (C=O) groups excluding carboxylic acids is 1. The molecule has 0 aliphatic carbocycles. The van der Waals surface area contributed by atoms with E-state index in [0.29, 0.717) is 10.2 Å². The lowest BCUT2D eigenvalue weighted by atomic mass is 10.1. The molecule has 4 aromatic rings. The molecule has 4 rings (SSSR count). The van der Waals surface area contributed by atoms with Gasteiger partial charge in [-0.25, -0.2) is 9.78 Å². The van der Waals surface area contributed by atoms with E-state index >= 15 is 0 Å². The summed E-state index contributed by atoms with van der Waals surface area (Å²) in [6.45, 7) is 1.56. The summed E-state index contributed by atoms with van der Waals surface area (Å²) in [5.41, 5.74) is 4.48. The number of aryl methyl sites for hydroxylation is 1. The third kappa shape index (κ3) is 3.02. The maximum atomic E-state index is 13.1. The molecule has 4 heterocycles. The van der Waals surface area contributed by atoms with Crippen LogP contribution in [0.1, 0.15) is 15.2 Å². The number of aromatic nitrogens is 4. The van der Waals surface area contributed by atoms with Crippen molar-refractivity contribution in [2.75, 3.05) is 5.73 Å². The van der Waals surface area contributed by atoms with E-state index in [9.17, 15) is 19.2 Å². The largest absolute Gasteiger partial charge is 0.384 e. The summed E-state index contributed by atoms with van der Waals surface area (Å²) in [5, 5.41) is 2.30. The summed E-state index contributed by atoms with van der Waals surface area (Å²) in [6.07, 6.45) is 1.28. The summed E-state index contributed by atoms with van der Waals surface area (Å²) in [7, 11) is 2.63. The molecule has 11 heteroatoms. The topological polar surface area (TPSA) is 122 Å². The number of fused-ring (bicyclic) bond motifs is 1. The van der Waals surface area contributed by atoms with Gasteiger partial charge in [-0.1, -0.05) is 0 Å². The van der Waals surface area contributed by atoms with Gasteiger partial charge >= 0.3 is 5.69 Å². The van der Waals surface area contributed by atoms with E-state index in [0.717, 1.165) is 29.0 Å². The Morgan fingerprint density at radius 3 is 2.53 bits per heavy atom. The van der Waals surface area contributed by atoms with Gasteiger partial charge in [0.25, 0.3) is 11.1 Å². The number of Topliss-reactive ketones (excluding diaryl/α,β-unsaturated/α-hetero) is 1. The highest BCUT2D eigenvalue weighted by molar-refractivity contribution is 7.19. The molecule has 30 heavy (non-hydrogen) atoms. The van der Waals surface area contributed by atoms with Gasteiger partial charge in [0.15, 0.2) is 5.78 Å². The highest BCUT2D eigenvalue weighted by Crippen LogP contribution is 2.34. The van der Waals surface area contributed by atoms with E-state index in [1.54, 1.807) is 11.3 Å². The van der Waals surface area contributed by atoms with Gasteiger partial charge in [-0.15, -0.1) is 22.7 Å². The fourth-order valence-electron chi connectivity index (χ4n) is 3.20. The lowest BCUT2D eigenvalue weighted by molar-refractivity contribution is 0.0968. The molecule has 4 aromatic heterocycles. The molecule has 0 saturated heterocycles. The van der Waals surface area contributed by atoms with Gasteiger partial charge in [-0.3, -0.25) is 28.1 Å². The first-order valence-corrected chi connectivity index (χ1v) is 10.5. The van der Waals surface area contributed by atoms with Gasteiger partial charge < -0.3 is 5.73 Å². The zero-order valence-corrected chi connectivity index (χ0v) is 18.0. The van der Waals surface area contributed by atoms with E-state index in [4.69, 9.17) is 5.73 Å². The van der Waals surface area contributed by atoms with Crippen molar-refractivity contribution < 1.29 is 4.79 Å². The van der Waals surface area contributed by atoms with Crippen molar-refractivity contribution in [3.63, 3.8) is 0 Å². The second-order valence-electron chi connectivity index (χ2n) is 6.81. The van der Waals surface area contributed by atoms with Gasteiger partial charge in [-0.05, 0) is 19.1 Å². The second-order valence-corrected chi connectivity index (χ2v) is 8.95. The van der Waals surface area contributed by atoms with E-state index in [-0.39, 0.29) is 16.9 Å². The van der Waals surface area contributed by atoms with Crippen LogP contribution in [0.5, 0.6) is 0 Å². The Labute approximate surface area is 177 Å². The van der Waals surface area contributed by atoms with Crippen LogP contribution in [0.2, 0.25) is 0 Å². The number of hydrogen-bond donors (Lipinski definition) is 1. The van der Waals surface area contributed by atoms with Crippen molar-refractivity contribution in [1.29, 1.82) is 0 Å². The van der Waals surface area contributed by atoms with E-state index < -0.39 is 23.6 Å². The van der Waals surface area contributed by atoms with E-state index in [2.05, 4.69) is 4.98 Å². The van der Waals surface area contributed by atoms with Gasteiger partial charge in [0.05, 0.1) is 18.3 Å². The van der Waals surface area contributed by atoms with E-state index in [1.165, 1.54) is 31.8 Å². The van der Waals surface area contributed by atoms with Gasteiger partial charge in [0.1, 0.15) is 16.2 Å². The first-order chi connectivity index (χ1) is 14.2. The number of carbonyl (C=O) groups is 1. The van der Waals surface area contributed by atoms with Crippen LogP contribution in [0.4, 0.5) is 5.82 Å². The number of hydrogen-bond acceptors (Lipinski definition) is 8. The first kappa shape index (κ1) is 20.0. The van der Waals surface area contributed by atoms with Crippen LogP contribution in [0.25, 0.3) is 20.7 Å². The maximum absolute atomic E-state index is 13.1. The molecule has 0 spiro atoms. The molecule has 0 radical (unpaired) electrons. The number of nitrogens with two attached hydrogens (primary N) is 1. The molecule has 0 atom stereocenters. The van der Waals surface area contributed by atoms with Crippen LogP contribution in [0, 0.1) is 6.92 Å². The third-order valence-electron chi connectivity index (χ3n) is 4.87. The molecular weight excluding hydrogens is 426 g/mol. The molecule has 0 unspecified atom stereocenters. The molecule has 154 valence electrons. The number of ketones is 1. The molecule has 0 amide bonds. The normalized spacial score (nSPS) is 11.3. The Bertz CT molecular complexity index is 1500. The fraction of sp³-hybridized carbons (Fsp3) is 0.211. The molecule has 0 aromatic carbocycles. The molecule has 0 saturated carbocycles. The minimum atomic E-state index is -0.798. The van der Waals surface area contributed by atoms with Crippen molar-refractivity contribution in [2.24, 2.45) is 14.1 Å². The van der Waals surface area contributed by atoms with Crippen LogP contribution in [-0.4, -0.2) is 24.5 Å². The fourth-order valence-corrected chi connectivity index (χ4v) is 5.06. The summed E-state index contributed by atoms with van der Waals surface area (Å²) in [6, 6.07) is 3.92. The Morgan fingerprint density at radius 2 is 1.87 bits per heavy atom. The smallest absolute Gasteiger partial charge is 0.332 e. The number of anilines is 1. The zero-order chi connectivity index (χ0) is 21.7. The second kappa shape index (κ2) is 7.18. The summed E-state index contributed by atoms with van der Waals surface area (Å²) in [5.74, 6) is -0.906. The monoisotopic (exact) mass is 443 g/mol. The van der Waals surface area contributed by atoms with Crippen molar-refractivity contribution in [2.45, 2.75) is 13.5 Å². The maximum Gasteiger partial charge on any atom is 0.332 e. The number of rotatable bonds is 4. The van der Waals surface area contributed by atoms with Crippen molar-refractivity contribution >= 4 is 44.5 Å². The molecular formula is C19H17N5O4S2. The molecule has 0 bridgehead atoms. The molecule has 2 N–H and O–H groups in total. The Hall–Kier alpha value is -3.31. The van der Waals surface area contributed by atoms with Crippen LogP contribution >= 0.6 is 22.7 Å². The molecule has 0 aliphatic rings. The predicted molar refractivity (Wildman–Crippen MR) is 118 cm³/mol. The highest BCUT2D eigenvalue weighted by Gasteiger charge is 2.22. The third-order valence-corrected chi connectivity index (χ3v) is 6.79. The van der Waals surface area contributed by atoms with Crippen LogP contribution in [0.15, 0.2) is 38.2 Å². The molecule has 9 nitrogen and oxygen atoms in total. The van der Waals surface area contributed by atoms with Gasteiger partial charge in [-0.2, -0.15) is 0 Å². The minimum absolute atomic E-state index is 0.236. The number of nitrogens with zero attached hydrogens (tertiary/aromatic N) is 4. The van der Waals surface area contributed by atoms with E-state index in [1.807, 2.05) is 24.4 Å². The SMILES string of the molecule is Cc1ccc(-c2csc3ncn(CC(=O)c4c(N)n(C)c(=O)n(C)c4=O)c(=O)c23)s1. The number of nitrogen functional groups attached to an aromatic ring is 1. The van der Waals surface area contributed by atoms with Gasteiger partial charge in [0.2, 0.25) is 0 Å². The lowest BCUT2D eigenvalue weighted by Gasteiger charge is -2.11. The van der Waals surface area contributed by atoms with Crippen molar-refractivity contribution in [3.05, 3.63) is 65.5 Å². The Kier molecular flexibility index (Phi) is 4.79. The number of thiophene rings is 2. The minimum Gasteiger partial charge on any atom is -0.384 e. The summed E-state index contributed by atoms with van der Waals surface area (Å²) in [4.78, 5) is 57.3. The standard InChI is InChI=1S/C19H17N5O4S2/c1-9-4-5-12(30-9)10-7-29-16-13(10)18(27)24(8-21-16)6-11(25)14-15(20)22(2)19(28)23(3)17(14)26/h4-5,7-8H,6,20H2,1-3H3. The van der Waals surface area contributed by atoms with Crippen LogP contribution in [0.3, 0.4) is 0 Å². The predicted octanol–water partition coefficient (Wildman–Crippen LogP) is 1.36. The average molecular weight is 444 g/mol. The quantitative estimate of drug-likeness (QED) is 0.475. The first-order valence-electron chi connectivity index (χ1n) is 8.82. The molecule has 0 fully saturated rings. The van der Waals surface area contributed by atoms with Crippen molar-refractivity contribution in [3.8, 4) is 10.4 Å². The Morgan fingerprint density at radius 1 is 1.13 bits per heavy atom. The lowest BCUT2D eigenvalue weighted by Crippen LogP contribution is -2.42. The van der Waals surface area contributed by atoms with Crippen LogP contribution in [-0.2, 0) is 20.6 Å².